The fourth-order valence-electron chi connectivity index (χ4n) is 2.28. The second-order valence-electron chi connectivity index (χ2n) is 5.37. The van der Waals surface area contributed by atoms with Crippen molar-refractivity contribution in [3.63, 3.8) is 0 Å². The molecule has 0 saturated heterocycles. The number of hydrogen-bond acceptors (Lipinski definition) is 2. The van der Waals surface area contributed by atoms with Gasteiger partial charge in [0.25, 0.3) is 0 Å². The second-order valence-corrected chi connectivity index (χ2v) is 5.37. The Balaban J connectivity index is 2.11. The summed E-state index contributed by atoms with van der Waals surface area (Å²) in [5, 5.41) is 7.28. The number of anilines is 1. The monoisotopic (exact) mass is 271 g/mol. The molecule has 1 heterocycles. The van der Waals surface area contributed by atoms with Crippen molar-refractivity contribution in [3.8, 4) is 0 Å². The SMILES string of the molecule is Cc1cc(C)n(CC(=O)Nc2ccccc2C(C)C)n1. The average Bonchev–Trinajstić information content (AvgIpc) is 2.68. The van der Waals surface area contributed by atoms with Gasteiger partial charge >= 0.3 is 0 Å². The zero-order valence-electron chi connectivity index (χ0n) is 12.5. The largest absolute Gasteiger partial charge is 0.324 e. The minimum Gasteiger partial charge on any atom is -0.324 e. The minimum absolute atomic E-state index is 0.0516. The number of nitrogens with zero attached hydrogens (tertiary/aromatic N) is 2. The van der Waals surface area contributed by atoms with Gasteiger partial charge in [-0.1, -0.05) is 32.0 Å². The van der Waals surface area contributed by atoms with Gasteiger partial charge in [0.05, 0.1) is 5.69 Å². The Hall–Kier alpha value is -2.10. The molecule has 2 rings (SSSR count). The van der Waals surface area contributed by atoms with Crippen LogP contribution in [0, 0.1) is 13.8 Å². The van der Waals surface area contributed by atoms with E-state index in [1.165, 1.54) is 0 Å². The summed E-state index contributed by atoms with van der Waals surface area (Å²) >= 11 is 0. The Bertz CT molecular complexity index is 614. The number of nitrogens with one attached hydrogen (secondary N) is 1. The van der Waals surface area contributed by atoms with E-state index in [2.05, 4.69) is 24.3 Å². The van der Waals surface area contributed by atoms with Crippen LogP contribution in [0.3, 0.4) is 0 Å². The molecule has 0 spiro atoms. The molecule has 0 atom stereocenters. The average molecular weight is 271 g/mol. The molecule has 106 valence electrons. The van der Waals surface area contributed by atoms with Gasteiger partial charge in [0.1, 0.15) is 6.54 Å². The summed E-state index contributed by atoms with van der Waals surface area (Å²) in [4.78, 5) is 12.1. The summed E-state index contributed by atoms with van der Waals surface area (Å²) in [6.45, 7) is 8.36. The summed E-state index contributed by atoms with van der Waals surface area (Å²) < 4.78 is 1.72. The molecule has 0 saturated carbocycles. The van der Waals surface area contributed by atoms with Crippen LogP contribution < -0.4 is 5.32 Å². The summed E-state index contributed by atoms with van der Waals surface area (Å²) in [7, 11) is 0. The molecule has 20 heavy (non-hydrogen) atoms. The van der Waals surface area contributed by atoms with Crippen molar-refractivity contribution >= 4 is 11.6 Å². The topological polar surface area (TPSA) is 46.9 Å². The third-order valence-electron chi connectivity index (χ3n) is 3.25. The van der Waals surface area contributed by atoms with Crippen molar-refractivity contribution in [1.82, 2.24) is 9.78 Å². The van der Waals surface area contributed by atoms with Gasteiger partial charge in [-0.2, -0.15) is 5.10 Å². The quantitative estimate of drug-likeness (QED) is 0.927. The third kappa shape index (κ3) is 3.26. The highest BCUT2D eigenvalue weighted by molar-refractivity contribution is 5.91. The highest BCUT2D eigenvalue weighted by Gasteiger charge is 2.11. The molecule has 4 heteroatoms. The molecule has 1 aromatic heterocycles. The molecule has 1 amide bonds. The smallest absolute Gasteiger partial charge is 0.246 e. The number of amides is 1. The van der Waals surface area contributed by atoms with Crippen LogP contribution >= 0.6 is 0 Å². The number of aromatic nitrogens is 2. The van der Waals surface area contributed by atoms with E-state index in [1.54, 1.807) is 4.68 Å². The Morgan fingerprint density at radius 3 is 2.60 bits per heavy atom. The van der Waals surface area contributed by atoms with E-state index in [0.717, 1.165) is 22.6 Å². The van der Waals surface area contributed by atoms with Crippen molar-refractivity contribution in [2.75, 3.05) is 5.32 Å². The lowest BCUT2D eigenvalue weighted by molar-refractivity contribution is -0.116. The lowest BCUT2D eigenvalue weighted by atomic mass is 10.0. The molecule has 1 aromatic carbocycles. The predicted molar refractivity (Wildman–Crippen MR) is 80.9 cm³/mol. The molecule has 1 N–H and O–H groups in total. The lowest BCUT2D eigenvalue weighted by Crippen LogP contribution is -2.21. The molecular weight excluding hydrogens is 250 g/mol. The summed E-state index contributed by atoms with van der Waals surface area (Å²) in [6, 6.07) is 9.88. The van der Waals surface area contributed by atoms with Crippen LogP contribution in [0.1, 0.15) is 36.7 Å². The van der Waals surface area contributed by atoms with Crippen molar-refractivity contribution < 1.29 is 4.79 Å². The van der Waals surface area contributed by atoms with Crippen molar-refractivity contribution in [1.29, 1.82) is 0 Å². The number of aryl methyl sites for hydroxylation is 2. The molecule has 0 bridgehead atoms. The van der Waals surface area contributed by atoms with E-state index < -0.39 is 0 Å². The van der Waals surface area contributed by atoms with Crippen molar-refractivity contribution in [2.24, 2.45) is 0 Å². The first-order chi connectivity index (χ1) is 9.47. The molecule has 0 aliphatic rings. The summed E-state index contributed by atoms with van der Waals surface area (Å²) in [5.41, 5.74) is 3.95. The van der Waals surface area contributed by atoms with E-state index in [-0.39, 0.29) is 12.5 Å². The molecule has 4 nitrogen and oxygen atoms in total. The van der Waals surface area contributed by atoms with Crippen LogP contribution in [-0.2, 0) is 11.3 Å². The molecule has 0 fully saturated rings. The van der Waals surface area contributed by atoms with E-state index in [1.807, 2.05) is 44.2 Å². The fourth-order valence-corrected chi connectivity index (χ4v) is 2.28. The van der Waals surface area contributed by atoms with Gasteiger partial charge in [0.2, 0.25) is 5.91 Å². The van der Waals surface area contributed by atoms with E-state index >= 15 is 0 Å². The maximum Gasteiger partial charge on any atom is 0.246 e. The number of carbonyl (C=O) groups excluding carboxylic acids is 1. The Kier molecular flexibility index (Phi) is 4.23. The second kappa shape index (κ2) is 5.90. The number of para-hydroxylation sites is 1. The number of hydrogen-bond donors (Lipinski definition) is 1. The van der Waals surface area contributed by atoms with Gasteiger partial charge in [-0.15, -0.1) is 0 Å². The van der Waals surface area contributed by atoms with Gasteiger partial charge in [0, 0.05) is 11.4 Å². The van der Waals surface area contributed by atoms with Crippen LogP contribution in [0.2, 0.25) is 0 Å². The normalized spacial score (nSPS) is 10.8. The van der Waals surface area contributed by atoms with Crippen molar-refractivity contribution in [2.45, 2.75) is 40.2 Å². The first-order valence-corrected chi connectivity index (χ1v) is 6.87. The lowest BCUT2D eigenvalue weighted by Gasteiger charge is -2.13. The number of rotatable bonds is 4. The molecule has 0 unspecified atom stereocenters. The molecule has 0 aliphatic carbocycles. The van der Waals surface area contributed by atoms with Gasteiger partial charge in [-0.3, -0.25) is 9.48 Å². The number of benzene rings is 1. The van der Waals surface area contributed by atoms with Crippen LogP contribution in [0.5, 0.6) is 0 Å². The first kappa shape index (κ1) is 14.3. The number of carbonyl (C=O) groups is 1. The van der Waals surface area contributed by atoms with Gasteiger partial charge in [0.15, 0.2) is 0 Å². The molecule has 0 radical (unpaired) electrons. The standard InChI is InChI=1S/C16H21N3O/c1-11(2)14-7-5-6-8-15(14)17-16(20)10-19-13(4)9-12(3)18-19/h5-9,11H,10H2,1-4H3,(H,17,20). The zero-order valence-corrected chi connectivity index (χ0v) is 12.5. The first-order valence-electron chi connectivity index (χ1n) is 6.87. The Labute approximate surface area is 119 Å². The summed E-state index contributed by atoms with van der Waals surface area (Å²) in [6.07, 6.45) is 0. The maximum absolute atomic E-state index is 12.1. The predicted octanol–water partition coefficient (Wildman–Crippen LogP) is 3.26. The van der Waals surface area contributed by atoms with Gasteiger partial charge in [-0.05, 0) is 37.5 Å². The van der Waals surface area contributed by atoms with Crippen LogP contribution in [-0.4, -0.2) is 15.7 Å². The molecule has 2 aromatic rings. The van der Waals surface area contributed by atoms with Crippen LogP contribution in [0.25, 0.3) is 0 Å². The van der Waals surface area contributed by atoms with Crippen LogP contribution in [0.15, 0.2) is 30.3 Å². The molecular formula is C16H21N3O. The highest BCUT2D eigenvalue weighted by atomic mass is 16.2. The van der Waals surface area contributed by atoms with Crippen LogP contribution in [0.4, 0.5) is 5.69 Å². The summed E-state index contributed by atoms with van der Waals surface area (Å²) in [5.74, 6) is 0.324. The minimum atomic E-state index is -0.0516. The maximum atomic E-state index is 12.1. The third-order valence-corrected chi connectivity index (χ3v) is 3.25. The van der Waals surface area contributed by atoms with E-state index in [4.69, 9.17) is 0 Å². The highest BCUT2D eigenvalue weighted by Crippen LogP contribution is 2.23. The van der Waals surface area contributed by atoms with E-state index in [9.17, 15) is 4.79 Å². The Morgan fingerprint density at radius 2 is 2.00 bits per heavy atom. The van der Waals surface area contributed by atoms with Gasteiger partial charge < -0.3 is 5.32 Å². The van der Waals surface area contributed by atoms with E-state index in [0.29, 0.717) is 5.92 Å². The fraction of sp³-hybridized carbons (Fsp3) is 0.375. The van der Waals surface area contributed by atoms with Gasteiger partial charge in [-0.25, -0.2) is 0 Å². The molecule has 0 aliphatic heterocycles. The Morgan fingerprint density at radius 1 is 1.30 bits per heavy atom. The zero-order chi connectivity index (χ0) is 14.7. The van der Waals surface area contributed by atoms with Crippen molar-refractivity contribution in [3.05, 3.63) is 47.3 Å².